The van der Waals surface area contributed by atoms with Crippen LogP contribution in [0.3, 0.4) is 0 Å². The minimum atomic E-state index is -0.559. The number of unbranched alkanes of at least 4 members (excludes halogenated alkanes) is 2. The minimum Gasteiger partial charge on any atom is -0.493 e. The highest BCUT2D eigenvalue weighted by molar-refractivity contribution is 6.02. The van der Waals surface area contributed by atoms with Crippen molar-refractivity contribution in [2.24, 2.45) is 0 Å². The Balaban J connectivity index is 1.89. The Hall–Kier alpha value is -3.15. The van der Waals surface area contributed by atoms with Gasteiger partial charge in [-0.05, 0) is 25.5 Å². The SMILES string of the molecule is CCCCCn1nc(C(=O)OCc2ccccc2OCC)c2ccccc2c1=O. The molecule has 0 spiro atoms. The fourth-order valence-corrected chi connectivity index (χ4v) is 3.18. The van der Waals surface area contributed by atoms with Gasteiger partial charge in [0, 0.05) is 17.5 Å². The molecule has 0 saturated heterocycles. The van der Waals surface area contributed by atoms with E-state index in [1.54, 1.807) is 24.3 Å². The van der Waals surface area contributed by atoms with Gasteiger partial charge in [0.25, 0.3) is 5.56 Å². The second-order valence-corrected chi connectivity index (χ2v) is 6.75. The lowest BCUT2D eigenvalue weighted by Crippen LogP contribution is -2.26. The van der Waals surface area contributed by atoms with E-state index in [2.05, 4.69) is 12.0 Å². The van der Waals surface area contributed by atoms with E-state index in [1.165, 1.54) is 4.68 Å². The molecule has 0 aliphatic rings. The Bertz CT molecular complexity index is 1040. The number of para-hydroxylation sites is 1. The van der Waals surface area contributed by atoms with Gasteiger partial charge >= 0.3 is 5.97 Å². The summed E-state index contributed by atoms with van der Waals surface area (Å²) >= 11 is 0. The molecule has 0 amide bonds. The molecule has 0 saturated carbocycles. The largest absolute Gasteiger partial charge is 0.493 e. The van der Waals surface area contributed by atoms with Crippen LogP contribution in [0.1, 0.15) is 49.2 Å². The summed E-state index contributed by atoms with van der Waals surface area (Å²) < 4.78 is 12.5. The lowest BCUT2D eigenvalue weighted by atomic mass is 10.1. The number of carbonyl (C=O) groups is 1. The first-order valence-electron chi connectivity index (χ1n) is 10.0. The molecule has 1 aromatic heterocycles. The number of hydrogen-bond acceptors (Lipinski definition) is 5. The molecule has 29 heavy (non-hydrogen) atoms. The van der Waals surface area contributed by atoms with E-state index in [9.17, 15) is 9.59 Å². The van der Waals surface area contributed by atoms with Crippen LogP contribution in [0.5, 0.6) is 5.75 Å². The van der Waals surface area contributed by atoms with E-state index < -0.39 is 5.97 Å². The molecule has 3 rings (SSSR count). The molecule has 0 atom stereocenters. The monoisotopic (exact) mass is 394 g/mol. The summed E-state index contributed by atoms with van der Waals surface area (Å²) in [5.74, 6) is 0.127. The van der Waals surface area contributed by atoms with Crippen molar-refractivity contribution in [3.63, 3.8) is 0 Å². The second-order valence-electron chi connectivity index (χ2n) is 6.75. The first kappa shape index (κ1) is 20.6. The molecule has 0 radical (unpaired) electrons. The molecule has 0 unspecified atom stereocenters. The number of rotatable bonds is 9. The summed E-state index contributed by atoms with van der Waals surface area (Å²) in [5, 5.41) is 5.32. The quantitative estimate of drug-likeness (QED) is 0.399. The molecule has 152 valence electrons. The highest BCUT2D eigenvalue weighted by Gasteiger charge is 2.18. The van der Waals surface area contributed by atoms with E-state index in [1.807, 2.05) is 31.2 Å². The van der Waals surface area contributed by atoms with Crippen LogP contribution in [-0.4, -0.2) is 22.4 Å². The Labute approximate surface area is 170 Å². The van der Waals surface area contributed by atoms with Crippen LogP contribution in [0.2, 0.25) is 0 Å². The molecule has 6 heteroatoms. The van der Waals surface area contributed by atoms with Crippen molar-refractivity contribution in [1.82, 2.24) is 9.78 Å². The van der Waals surface area contributed by atoms with Gasteiger partial charge in [-0.3, -0.25) is 4.79 Å². The average Bonchev–Trinajstić information content (AvgIpc) is 2.75. The molecule has 0 aliphatic heterocycles. The lowest BCUT2D eigenvalue weighted by Gasteiger charge is -2.12. The van der Waals surface area contributed by atoms with Crippen LogP contribution in [0, 0.1) is 0 Å². The van der Waals surface area contributed by atoms with Crippen molar-refractivity contribution < 1.29 is 14.3 Å². The van der Waals surface area contributed by atoms with Crippen LogP contribution >= 0.6 is 0 Å². The first-order valence-corrected chi connectivity index (χ1v) is 10.0. The maximum absolute atomic E-state index is 12.9. The van der Waals surface area contributed by atoms with Crippen LogP contribution in [0.4, 0.5) is 0 Å². The van der Waals surface area contributed by atoms with Gasteiger partial charge in [0.1, 0.15) is 12.4 Å². The van der Waals surface area contributed by atoms with Gasteiger partial charge < -0.3 is 9.47 Å². The van der Waals surface area contributed by atoms with Crippen molar-refractivity contribution in [2.75, 3.05) is 6.61 Å². The number of aromatic nitrogens is 2. The number of ether oxygens (including phenoxy) is 2. The smallest absolute Gasteiger partial charge is 0.359 e. The Kier molecular flexibility index (Phi) is 7.00. The van der Waals surface area contributed by atoms with E-state index in [4.69, 9.17) is 9.47 Å². The van der Waals surface area contributed by atoms with Gasteiger partial charge in [0.2, 0.25) is 0 Å². The maximum atomic E-state index is 12.9. The number of benzene rings is 2. The summed E-state index contributed by atoms with van der Waals surface area (Å²) in [4.78, 5) is 25.6. The zero-order chi connectivity index (χ0) is 20.6. The predicted molar refractivity (Wildman–Crippen MR) is 112 cm³/mol. The zero-order valence-corrected chi connectivity index (χ0v) is 16.9. The molecule has 0 fully saturated rings. The third-order valence-corrected chi connectivity index (χ3v) is 4.67. The van der Waals surface area contributed by atoms with Gasteiger partial charge in [0.05, 0.1) is 12.0 Å². The van der Waals surface area contributed by atoms with Gasteiger partial charge in [-0.15, -0.1) is 0 Å². The molecular weight excluding hydrogens is 368 g/mol. The number of carbonyl (C=O) groups excluding carboxylic acids is 1. The van der Waals surface area contributed by atoms with E-state index >= 15 is 0 Å². The van der Waals surface area contributed by atoms with Crippen molar-refractivity contribution in [2.45, 2.75) is 46.3 Å². The van der Waals surface area contributed by atoms with Crippen LogP contribution in [0.25, 0.3) is 10.8 Å². The topological polar surface area (TPSA) is 70.4 Å². The van der Waals surface area contributed by atoms with Gasteiger partial charge in [-0.1, -0.05) is 56.2 Å². The number of aryl methyl sites for hydroxylation is 1. The Morgan fingerprint density at radius 2 is 1.72 bits per heavy atom. The molecule has 0 aliphatic carbocycles. The average molecular weight is 394 g/mol. The maximum Gasteiger partial charge on any atom is 0.359 e. The summed E-state index contributed by atoms with van der Waals surface area (Å²) in [7, 11) is 0. The molecule has 6 nitrogen and oxygen atoms in total. The molecule has 0 N–H and O–H groups in total. The zero-order valence-electron chi connectivity index (χ0n) is 16.9. The minimum absolute atomic E-state index is 0.0694. The first-order chi connectivity index (χ1) is 14.2. The molecule has 2 aromatic carbocycles. The van der Waals surface area contributed by atoms with Gasteiger partial charge in [-0.2, -0.15) is 5.10 Å². The van der Waals surface area contributed by atoms with Crippen molar-refractivity contribution >= 4 is 16.7 Å². The third kappa shape index (κ3) is 4.83. The number of nitrogens with zero attached hydrogens (tertiary/aromatic N) is 2. The summed E-state index contributed by atoms with van der Waals surface area (Å²) in [5.41, 5.74) is 0.754. The number of hydrogen-bond donors (Lipinski definition) is 0. The Morgan fingerprint density at radius 1 is 1.00 bits per heavy atom. The molecule has 1 heterocycles. The second kappa shape index (κ2) is 9.87. The highest BCUT2D eigenvalue weighted by Crippen LogP contribution is 2.20. The number of esters is 1. The van der Waals surface area contributed by atoms with Crippen molar-refractivity contribution in [3.05, 3.63) is 70.1 Å². The molecule has 0 bridgehead atoms. The van der Waals surface area contributed by atoms with Crippen LogP contribution < -0.4 is 10.3 Å². The summed E-state index contributed by atoms with van der Waals surface area (Å²) in [6.45, 7) is 5.07. The van der Waals surface area contributed by atoms with Crippen LogP contribution in [-0.2, 0) is 17.9 Å². The summed E-state index contributed by atoms with van der Waals surface area (Å²) in [6.07, 6.45) is 2.86. The fraction of sp³-hybridized carbons (Fsp3) is 0.348. The normalized spacial score (nSPS) is 10.8. The number of fused-ring (bicyclic) bond motifs is 1. The summed E-state index contributed by atoms with van der Waals surface area (Å²) in [6, 6.07) is 14.5. The third-order valence-electron chi connectivity index (χ3n) is 4.67. The fourth-order valence-electron chi connectivity index (χ4n) is 3.18. The van der Waals surface area contributed by atoms with Gasteiger partial charge in [-0.25, -0.2) is 9.48 Å². The standard InChI is InChI=1S/C23H26N2O4/c1-3-5-10-15-25-22(26)19-13-8-7-12-18(19)21(24-25)23(27)29-16-17-11-6-9-14-20(17)28-4-2/h6-9,11-14H,3-5,10,15-16H2,1-2H3. The lowest BCUT2D eigenvalue weighted by molar-refractivity contribution is 0.0462. The van der Waals surface area contributed by atoms with Crippen molar-refractivity contribution in [1.29, 1.82) is 0 Å². The highest BCUT2D eigenvalue weighted by atomic mass is 16.5. The van der Waals surface area contributed by atoms with E-state index in [0.717, 1.165) is 24.8 Å². The van der Waals surface area contributed by atoms with Gasteiger partial charge in [0.15, 0.2) is 5.69 Å². The van der Waals surface area contributed by atoms with E-state index in [-0.39, 0.29) is 17.9 Å². The van der Waals surface area contributed by atoms with Crippen LogP contribution in [0.15, 0.2) is 53.3 Å². The van der Waals surface area contributed by atoms with Crippen molar-refractivity contribution in [3.8, 4) is 5.75 Å². The predicted octanol–water partition coefficient (Wildman–Crippen LogP) is 4.34. The molecular formula is C23H26N2O4. The van der Waals surface area contributed by atoms with E-state index in [0.29, 0.717) is 29.7 Å². The molecule has 3 aromatic rings. The Morgan fingerprint density at radius 3 is 2.48 bits per heavy atom.